The number of hydrogen-bond acceptors (Lipinski definition) is 2. The third-order valence-corrected chi connectivity index (χ3v) is 3.71. The van der Waals surface area contributed by atoms with Gasteiger partial charge in [0.15, 0.2) is 0 Å². The van der Waals surface area contributed by atoms with Gasteiger partial charge >= 0.3 is 0 Å². The Labute approximate surface area is 73.6 Å². The van der Waals surface area contributed by atoms with E-state index in [0.717, 1.165) is 19.1 Å². The Morgan fingerprint density at radius 1 is 1.50 bits per heavy atom. The molecule has 1 aliphatic carbocycles. The smallest absolute Gasteiger partial charge is 0.126 e. The molecule has 66 valence electrons. The molecule has 0 amide bonds. The van der Waals surface area contributed by atoms with Crippen LogP contribution in [0.2, 0.25) is 0 Å². The van der Waals surface area contributed by atoms with Crippen molar-refractivity contribution in [3.63, 3.8) is 0 Å². The van der Waals surface area contributed by atoms with Crippen LogP contribution in [0.3, 0.4) is 0 Å². The number of carbonyl (C=O) groups excluding carboxylic acids is 1. The maximum atomic E-state index is 10.9. The van der Waals surface area contributed by atoms with Gasteiger partial charge in [-0.3, -0.25) is 0 Å². The molecule has 0 aromatic carbocycles. The van der Waals surface area contributed by atoms with Crippen LogP contribution in [-0.2, 0) is 4.79 Å². The molecule has 0 aromatic rings. The molecule has 1 fully saturated rings. The van der Waals surface area contributed by atoms with Crippen LogP contribution in [0.1, 0.15) is 33.6 Å². The Morgan fingerprint density at radius 2 is 2.08 bits per heavy atom. The molecule has 0 saturated heterocycles. The van der Waals surface area contributed by atoms with E-state index in [9.17, 15) is 4.79 Å². The van der Waals surface area contributed by atoms with Gasteiger partial charge in [0.2, 0.25) is 0 Å². The summed E-state index contributed by atoms with van der Waals surface area (Å²) in [6.07, 6.45) is 2.73. The molecule has 0 heterocycles. The van der Waals surface area contributed by atoms with Crippen LogP contribution in [0.15, 0.2) is 0 Å². The van der Waals surface area contributed by atoms with E-state index in [0.29, 0.717) is 0 Å². The lowest BCUT2D eigenvalue weighted by molar-refractivity contribution is -0.120. The number of aldehydes is 1. The summed E-state index contributed by atoms with van der Waals surface area (Å²) in [5, 5.41) is 8.86. The molecule has 12 heavy (non-hydrogen) atoms. The summed E-state index contributed by atoms with van der Waals surface area (Å²) in [7, 11) is 0. The summed E-state index contributed by atoms with van der Waals surface area (Å²) in [6.45, 7) is 5.99. The maximum Gasteiger partial charge on any atom is 0.126 e. The van der Waals surface area contributed by atoms with E-state index in [1.807, 2.05) is 20.8 Å². The third kappa shape index (κ3) is 0.964. The first-order valence-corrected chi connectivity index (χ1v) is 4.34. The van der Waals surface area contributed by atoms with Crippen LogP contribution in [0.25, 0.3) is 0 Å². The van der Waals surface area contributed by atoms with E-state index in [4.69, 9.17) is 5.26 Å². The fraction of sp³-hybridized carbons (Fsp3) is 0.800. The standard InChI is InChI=1S/C10H15NO/c1-9(2)8(6-11)4-5-10(9,3)7-12/h7-8H,4-5H2,1-3H3/t8-,10-/m0/s1. The largest absolute Gasteiger partial charge is 0.303 e. The van der Waals surface area contributed by atoms with Gasteiger partial charge in [0.1, 0.15) is 6.29 Å². The Morgan fingerprint density at radius 3 is 2.33 bits per heavy atom. The minimum absolute atomic E-state index is 0.0349. The quantitative estimate of drug-likeness (QED) is 0.558. The fourth-order valence-corrected chi connectivity index (χ4v) is 1.96. The van der Waals surface area contributed by atoms with Crippen LogP contribution in [-0.4, -0.2) is 6.29 Å². The van der Waals surface area contributed by atoms with Crippen molar-refractivity contribution in [1.29, 1.82) is 5.26 Å². The Bertz CT molecular complexity index is 239. The highest BCUT2D eigenvalue weighted by molar-refractivity contribution is 5.61. The van der Waals surface area contributed by atoms with Crippen molar-refractivity contribution >= 4 is 6.29 Å². The molecule has 1 saturated carbocycles. The van der Waals surface area contributed by atoms with Crippen molar-refractivity contribution < 1.29 is 4.79 Å². The topological polar surface area (TPSA) is 40.9 Å². The molecule has 0 aliphatic heterocycles. The van der Waals surface area contributed by atoms with Crippen LogP contribution in [0.4, 0.5) is 0 Å². The van der Waals surface area contributed by atoms with Gasteiger partial charge in [-0.15, -0.1) is 0 Å². The molecule has 2 nitrogen and oxygen atoms in total. The molecule has 0 N–H and O–H groups in total. The second-order valence-corrected chi connectivity index (χ2v) is 4.48. The highest BCUT2D eigenvalue weighted by Crippen LogP contribution is 2.54. The molecule has 0 radical (unpaired) electrons. The van der Waals surface area contributed by atoms with Gasteiger partial charge in [0, 0.05) is 5.41 Å². The molecule has 0 aromatic heterocycles. The SMILES string of the molecule is CC1(C)[C@H](C#N)CC[C@@]1(C)C=O. The van der Waals surface area contributed by atoms with E-state index < -0.39 is 0 Å². The average molecular weight is 165 g/mol. The highest BCUT2D eigenvalue weighted by Gasteiger charge is 2.51. The minimum atomic E-state index is -0.298. The number of nitriles is 1. The summed E-state index contributed by atoms with van der Waals surface area (Å²) in [5.74, 6) is 0.0349. The van der Waals surface area contributed by atoms with Crippen LogP contribution in [0, 0.1) is 28.1 Å². The van der Waals surface area contributed by atoms with E-state index in [-0.39, 0.29) is 16.7 Å². The second-order valence-electron chi connectivity index (χ2n) is 4.48. The first-order chi connectivity index (χ1) is 5.48. The molecule has 2 atom stereocenters. The van der Waals surface area contributed by atoms with Gasteiger partial charge in [0.05, 0.1) is 12.0 Å². The van der Waals surface area contributed by atoms with Crippen molar-refractivity contribution in [2.24, 2.45) is 16.7 Å². The van der Waals surface area contributed by atoms with Gasteiger partial charge in [-0.25, -0.2) is 0 Å². The predicted octanol–water partition coefficient (Wildman–Crippen LogP) is 2.15. The van der Waals surface area contributed by atoms with Crippen molar-refractivity contribution in [3.05, 3.63) is 0 Å². The number of carbonyl (C=O) groups is 1. The zero-order valence-corrected chi connectivity index (χ0v) is 7.92. The van der Waals surface area contributed by atoms with Gasteiger partial charge < -0.3 is 4.79 Å². The summed E-state index contributed by atoms with van der Waals surface area (Å²) >= 11 is 0. The number of rotatable bonds is 1. The summed E-state index contributed by atoms with van der Waals surface area (Å²) in [4.78, 5) is 10.9. The molecule has 0 unspecified atom stereocenters. The maximum absolute atomic E-state index is 10.9. The molecule has 0 bridgehead atoms. The van der Waals surface area contributed by atoms with E-state index in [1.54, 1.807) is 0 Å². The van der Waals surface area contributed by atoms with Gasteiger partial charge in [-0.1, -0.05) is 20.8 Å². The molecule has 0 spiro atoms. The summed E-state index contributed by atoms with van der Waals surface area (Å²) in [6, 6.07) is 2.28. The Hall–Kier alpha value is -0.840. The monoisotopic (exact) mass is 165 g/mol. The molecular weight excluding hydrogens is 150 g/mol. The third-order valence-electron chi connectivity index (χ3n) is 3.71. The summed E-state index contributed by atoms with van der Waals surface area (Å²) in [5.41, 5.74) is -0.461. The second kappa shape index (κ2) is 2.58. The van der Waals surface area contributed by atoms with Crippen LogP contribution >= 0.6 is 0 Å². The Balaban J connectivity index is 3.01. The van der Waals surface area contributed by atoms with Crippen molar-refractivity contribution in [1.82, 2.24) is 0 Å². The van der Waals surface area contributed by atoms with Gasteiger partial charge in [0.25, 0.3) is 0 Å². The molecule has 2 heteroatoms. The van der Waals surface area contributed by atoms with Gasteiger partial charge in [-0.05, 0) is 18.3 Å². The first kappa shape index (κ1) is 9.25. The Kier molecular flexibility index (Phi) is 1.99. The van der Waals surface area contributed by atoms with E-state index in [2.05, 4.69) is 6.07 Å². The lowest BCUT2D eigenvalue weighted by Gasteiger charge is -2.35. The zero-order chi connectivity index (χ0) is 9.41. The lowest BCUT2D eigenvalue weighted by atomic mass is 9.67. The number of hydrogen-bond donors (Lipinski definition) is 0. The van der Waals surface area contributed by atoms with Crippen LogP contribution in [0.5, 0.6) is 0 Å². The van der Waals surface area contributed by atoms with Crippen molar-refractivity contribution in [2.75, 3.05) is 0 Å². The normalized spacial score (nSPS) is 39.0. The number of nitrogens with zero attached hydrogens (tertiary/aromatic N) is 1. The minimum Gasteiger partial charge on any atom is -0.303 e. The lowest BCUT2D eigenvalue weighted by Crippen LogP contribution is -2.34. The molecule has 1 rings (SSSR count). The van der Waals surface area contributed by atoms with Crippen LogP contribution < -0.4 is 0 Å². The zero-order valence-electron chi connectivity index (χ0n) is 7.92. The first-order valence-electron chi connectivity index (χ1n) is 4.34. The van der Waals surface area contributed by atoms with Crippen molar-refractivity contribution in [3.8, 4) is 6.07 Å². The van der Waals surface area contributed by atoms with Crippen molar-refractivity contribution in [2.45, 2.75) is 33.6 Å². The molecule has 1 aliphatic rings. The van der Waals surface area contributed by atoms with Gasteiger partial charge in [-0.2, -0.15) is 5.26 Å². The van der Waals surface area contributed by atoms with E-state index >= 15 is 0 Å². The fourth-order valence-electron chi connectivity index (χ4n) is 1.96. The highest BCUT2D eigenvalue weighted by atomic mass is 16.1. The summed E-state index contributed by atoms with van der Waals surface area (Å²) < 4.78 is 0. The average Bonchev–Trinajstić information content (AvgIpc) is 2.25. The predicted molar refractivity (Wildman–Crippen MR) is 46.3 cm³/mol. The molecular formula is C10H15NO. The van der Waals surface area contributed by atoms with E-state index in [1.165, 1.54) is 0 Å².